The normalized spacial score (nSPS) is 9.50. The van der Waals surface area contributed by atoms with E-state index in [2.05, 4.69) is 11.2 Å². The summed E-state index contributed by atoms with van der Waals surface area (Å²) in [6.07, 6.45) is 4.05. The van der Waals surface area contributed by atoms with Crippen LogP contribution >= 0.6 is 0 Å². The molecule has 0 radical (unpaired) electrons. The molecule has 0 aromatic carbocycles. The Balaban J connectivity index is 3.21. The molecule has 0 spiro atoms. The van der Waals surface area contributed by atoms with Gasteiger partial charge in [-0.25, -0.2) is 0 Å². The van der Waals surface area contributed by atoms with Crippen LogP contribution < -0.4 is 5.32 Å². The number of unbranched alkanes of at least 4 members (excludes halogenated alkanes) is 2. The summed E-state index contributed by atoms with van der Waals surface area (Å²) in [7, 11) is 0. The molecule has 1 N–H and O–H groups in total. The molecule has 0 heterocycles. The fraction of sp³-hybridized carbons (Fsp3) is 0.625. The van der Waals surface area contributed by atoms with Crippen LogP contribution in [-0.2, 0) is 4.79 Å². The third kappa shape index (κ3) is 5.66. The molecule has 4 heteroatoms. The summed E-state index contributed by atoms with van der Waals surface area (Å²) in [5.41, 5.74) is 0. The molecule has 0 atom stereocenters. The Morgan fingerprint density at radius 3 is 2.67 bits per heavy atom. The molecule has 0 saturated heterocycles. The Morgan fingerprint density at radius 1 is 1.50 bits per heavy atom. The third-order valence-corrected chi connectivity index (χ3v) is 1.25. The topological polar surface area (TPSA) is 29.1 Å². The van der Waals surface area contributed by atoms with Gasteiger partial charge >= 0.3 is 6.43 Å². The van der Waals surface area contributed by atoms with Crippen molar-refractivity contribution in [2.24, 2.45) is 0 Å². The van der Waals surface area contributed by atoms with Crippen LogP contribution in [0.4, 0.5) is 8.78 Å². The van der Waals surface area contributed by atoms with Gasteiger partial charge in [-0.3, -0.25) is 4.79 Å². The molecule has 12 heavy (non-hydrogen) atoms. The van der Waals surface area contributed by atoms with Gasteiger partial charge in [0.1, 0.15) is 0 Å². The fourth-order valence-electron chi connectivity index (χ4n) is 0.641. The number of rotatable bonds is 5. The number of alkyl halides is 2. The first kappa shape index (κ1) is 10.9. The monoisotopic (exact) mass is 175 g/mol. The van der Waals surface area contributed by atoms with E-state index in [4.69, 9.17) is 6.42 Å². The lowest BCUT2D eigenvalue weighted by atomic mass is 10.2. The summed E-state index contributed by atoms with van der Waals surface area (Å²) in [4.78, 5) is 10.3. The highest BCUT2D eigenvalue weighted by molar-refractivity contribution is 5.78. The molecule has 0 aliphatic carbocycles. The van der Waals surface area contributed by atoms with Gasteiger partial charge in [0.2, 0.25) is 0 Å². The van der Waals surface area contributed by atoms with E-state index in [1.165, 1.54) is 0 Å². The van der Waals surface area contributed by atoms with E-state index >= 15 is 0 Å². The van der Waals surface area contributed by atoms with Gasteiger partial charge in [-0.05, 0) is 12.8 Å². The molecule has 0 bridgehead atoms. The second kappa shape index (κ2) is 6.59. The summed E-state index contributed by atoms with van der Waals surface area (Å²) < 4.78 is 23.1. The fourth-order valence-corrected chi connectivity index (χ4v) is 0.641. The molecule has 0 fully saturated rings. The molecule has 0 saturated carbocycles. The first-order valence-corrected chi connectivity index (χ1v) is 3.68. The summed E-state index contributed by atoms with van der Waals surface area (Å²) in [6.45, 7) is 0.269. The van der Waals surface area contributed by atoms with Crippen molar-refractivity contribution in [3.8, 4) is 12.3 Å². The molecule has 0 rings (SSSR count). The predicted octanol–water partition coefficient (Wildman–Crippen LogP) is 1.17. The molecule has 1 amide bonds. The van der Waals surface area contributed by atoms with Crippen LogP contribution in [0.3, 0.4) is 0 Å². The maximum Gasteiger partial charge on any atom is 0.315 e. The second-order valence-electron chi connectivity index (χ2n) is 2.25. The Hall–Kier alpha value is -1.11. The lowest BCUT2D eigenvalue weighted by molar-refractivity contribution is -0.131. The van der Waals surface area contributed by atoms with Crippen molar-refractivity contribution in [2.75, 3.05) is 6.54 Å². The second-order valence-corrected chi connectivity index (χ2v) is 2.25. The van der Waals surface area contributed by atoms with E-state index in [0.29, 0.717) is 12.8 Å². The number of carbonyl (C=O) groups excluding carboxylic acids is 1. The van der Waals surface area contributed by atoms with Crippen molar-refractivity contribution in [3.05, 3.63) is 0 Å². The lowest BCUT2D eigenvalue weighted by Gasteiger charge is -2.01. The Labute approximate surface area is 70.3 Å². The summed E-state index contributed by atoms with van der Waals surface area (Å²) >= 11 is 0. The maximum atomic E-state index is 11.6. The molecule has 0 aliphatic heterocycles. The van der Waals surface area contributed by atoms with Crippen LogP contribution in [-0.4, -0.2) is 18.9 Å². The van der Waals surface area contributed by atoms with Crippen LogP contribution in [0.15, 0.2) is 0 Å². The van der Waals surface area contributed by atoms with Gasteiger partial charge in [-0.15, -0.1) is 12.3 Å². The first-order chi connectivity index (χ1) is 5.68. The van der Waals surface area contributed by atoms with Gasteiger partial charge in [-0.2, -0.15) is 8.78 Å². The van der Waals surface area contributed by atoms with Crippen LogP contribution in [0.1, 0.15) is 19.3 Å². The summed E-state index contributed by atoms with van der Waals surface area (Å²) in [5.74, 6) is 1.21. The van der Waals surface area contributed by atoms with Crippen LogP contribution in [0, 0.1) is 12.3 Å². The first-order valence-electron chi connectivity index (χ1n) is 3.68. The van der Waals surface area contributed by atoms with Gasteiger partial charge in [0.05, 0.1) is 0 Å². The predicted molar refractivity (Wildman–Crippen MR) is 41.7 cm³/mol. The Morgan fingerprint density at radius 2 is 2.17 bits per heavy atom. The standard InChI is InChI=1S/C8H11F2NO/c1-2-3-4-5-6-11-8(12)7(9)10/h1,7H,3-6H2,(H,11,12). The number of hydrogen-bond acceptors (Lipinski definition) is 1. The minimum absolute atomic E-state index is 0.269. The van der Waals surface area contributed by atoms with Gasteiger partial charge in [0.15, 0.2) is 0 Å². The zero-order chi connectivity index (χ0) is 9.40. The van der Waals surface area contributed by atoms with Crippen LogP contribution in [0.5, 0.6) is 0 Å². The van der Waals surface area contributed by atoms with E-state index in [1.54, 1.807) is 0 Å². The largest absolute Gasteiger partial charge is 0.351 e. The molecule has 0 aromatic heterocycles. The number of hydrogen-bond donors (Lipinski definition) is 1. The smallest absolute Gasteiger partial charge is 0.315 e. The SMILES string of the molecule is C#CCCCCNC(=O)C(F)F. The van der Waals surface area contributed by atoms with Gasteiger partial charge in [0.25, 0.3) is 5.91 Å². The maximum absolute atomic E-state index is 11.6. The zero-order valence-corrected chi connectivity index (χ0v) is 6.65. The summed E-state index contributed by atoms with van der Waals surface area (Å²) in [6, 6.07) is 0. The van der Waals surface area contributed by atoms with Gasteiger partial charge in [0, 0.05) is 13.0 Å². The number of nitrogens with one attached hydrogen (secondary N) is 1. The number of terminal acetylenes is 1. The highest BCUT2D eigenvalue weighted by Crippen LogP contribution is 1.94. The molecule has 0 aliphatic rings. The van der Waals surface area contributed by atoms with Crippen molar-refractivity contribution in [2.45, 2.75) is 25.7 Å². The average molecular weight is 175 g/mol. The quantitative estimate of drug-likeness (QED) is 0.493. The molecular formula is C8H11F2NO. The van der Waals surface area contributed by atoms with Crippen molar-refractivity contribution < 1.29 is 13.6 Å². The molecule has 68 valence electrons. The van der Waals surface area contributed by atoms with Crippen molar-refractivity contribution in [1.29, 1.82) is 0 Å². The molecule has 0 aromatic rings. The van der Waals surface area contributed by atoms with Crippen molar-refractivity contribution in [3.63, 3.8) is 0 Å². The minimum atomic E-state index is -2.92. The number of amides is 1. The van der Waals surface area contributed by atoms with Crippen molar-refractivity contribution in [1.82, 2.24) is 5.32 Å². The highest BCUT2D eigenvalue weighted by Gasteiger charge is 2.12. The number of halogens is 2. The minimum Gasteiger partial charge on any atom is -0.351 e. The number of carbonyl (C=O) groups is 1. The van der Waals surface area contributed by atoms with E-state index in [9.17, 15) is 13.6 Å². The average Bonchev–Trinajstić information content (AvgIpc) is 2.03. The van der Waals surface area contributed by atoms with E-state index < -0.39 is 12.3 Å². The van der Waals surface area contributed by atoms with E-state index in [1.807, 2.05) is 0 Å². The Bertz CT molecular complexity index is 174. The molecular weight excluding hydrogens is 164 g/mol. The van der Waals surface area contributed by atoms with Crippen LogP contribution in [0.25, 0.3) is 0 Å². The lowest BCUT2D eigenvalue weighted by Crippen LogP contribution is -2.30. The van der Waals surface area contributed by atoms with Gasteiger partial charge < -0.3 is 5.32 Å². The van der Waals surface area contributed by atoms with Crippen molar-refractivity contribution >= 4 is 5.91 Å². The molecule has 0 unspecified atom stereocenters. The zero-order valence-electron chi connectivity index (χ0n) is 6.65. The van der Waals surface area contributed by atoms with Gasteiger partial charge in [-0.1, -0.05) is 0 Å². The van der Waals surface area contributed by atoms with E-state index in [0.717, 1.165) is 6.42 Å². The third-order valence-electron chi connectivity index (χ3n) is 1.25. The Kier molecular flexibility index (Phi) is 5.98. The summed E-state index contributed by atoms with van der Waals surface area (Å²) in [5, 5.41) is 2.08. The van der Waals surface area contributed by atoms with E-state index in [-0.39, 0.29) is 6.54 Å². The molecule has 2 nitrogen and oxygen atoms in total. The van der Waals surface area contributed by atoms with Crippen LogP contribution in [0.2, 0.25) is 0 Å². The highest BCUT2D eigenvalue weighted by atomic mass is 19.3.